The Kier molecular flexibility index (Phi) is 4.91. The predicted octanol–water partition coefficient (Wildman–Crippen LogP) is 5.26. The summed E-state index contributed by atoms with van der Waals surface area (Å²) in [6.07, 6.45) is 3.43. The van der Waals surface area contributed by atoms with Crippen LogP contribution in [-0.2, 0) is 12.0 Å². The number of fused-ring (bicyclic) bond motifs is 2. The first-order valence-corrected chi connectivity index (χ1v) is 10.8. The van der Waals surface area contributed by atoms with Crippen LogP contribution in [0.1, 0.15) is 31.9 Å². The summed E-state index contributed by atoms with van der Waals surface area (Å²) in [6.45, 7) is 5.67. The molecule has 0 fully saturated rings. The van der Waals surface area contributed by atoms with Crippen molar-refractivity contribution in [3.63, 3.8) is 0 Å². The van der Waals surface area contributed by atoms with E-state index >= 15 is 4.39 Å². The van der Waals surface area contributed by atoms with Gasteiger partial charge in [0.2, 0.25) is 0 Å². The van der Waals surface area contributed by atoms with Gasteiger partial charge in [0.15, 0.2) is 0 Å². The number of para-hydroxylation sites is 1. The van der Waals surface area contributed by atoms with Crippen molar-refractivity contribution in [2.45, 2.75) is 32.8 Å². The van der Waals surface area contributed by atoms with Crippen molar-refractivity contribution in [3.8, 4) is 11.4 Å². The average Bonchev–Trinajstić information content (AvgIpc) is 3.22. The van der Waals surface area contributed by atoms with Gasteiger partial charge in [0, 0.05) is 17.1 Å². The molecule has 0 aliphatic rings. The third-order valence-electron chi connectivity index (χ3n) is 6.08. The van der Waals surface area contributed by atoms with E-state index in [1.807, 2.05) is 74.0 Å². The first kappa shape index (κ1) is 21.1. The van der Waals surface area contributed by atoms with Gasteiger partial charge in [0.05, 0.1) is 35.1 Å². The summed E-state index contributed by atoms with van der Waals surface area (Å²) in [6, 6.07) is 18.5. The summed E-state index contributed by atoms with van der Waals surface area (Å²) < 4.78 is 18.2. The molecular formula is C27H24FN3O2. The summed E-state index contributed by atoms with van der Waals surface area (Å²) in [5.74, 6) is -0.573. The standard InChI is InChI=1S/C27H24FN3O2/c1-27(2,3)19-13-18-15-29-31(26(33)25(18)21(28)14-19)24-10-6-9-23(20(24)16-32)30-12-11-17-7-4-5-8-22(17)30/h4-15,32H,16H2,1-3H3. The molecule has 0 saturated heterocycles. The van der Waals surface area contributed by atoms with E-state index in [0.717, 1.165) is 22.2 Å². The molecule has 166 valence electrons. The second-order valence-electron chi connectivity index (χ2n) is 9.21. The fraction of sp³-hybridized carbons (Fsp3) is 0.185. The van der Waals surface area contributed by atoms with E-state index in [1.165, 1.54) is 16.9 Å². The number of rotatable bonds is 3. The predicted molar refractivity (Wildman–Crippen MR) is 129 cm³/mol. The number of hydrogen-bond acceptors (Lipinski definition) is 3. The molecule has 0 unspecified atom stereocenters. The summed E-state index contributed by atoms with van der Waals surface area (Å²) in [7, 11) is 0. The quantitative estimate of drug-likeness (QED) is 0.416. The van der Waals surface area contributed by atoms with Crippen LogP contribution >= 0.6 is 0 Å². The monoisotopic (exact) mass is 441 g/mol. The molecule has 0 bridgehead atoms. The molecule has 3 aromatic carbocycles. The number of aliphatic hydroxyl groups is 1. The molecule has 2 heterocycles. The van der Waals surface area contributed by atoms with E-state index in [2.05, 4.69) is 5.10 Å². The molecule has 0 aliphatic carbocycles. The zero-order valence-electron chi connectivity index (χ0n) is 18.7. The maximum absolute atomic E-state index is 15.1. The zero-order chi connectivity index (χ0) is 23.3. The second-order valence-corrected chi connectivity index (χ2v) is 9.21. The summed E-state index contributed by atoms with van der Waals surface area (Å²) >= 11 is 0. The lowest BCUT2D eigenvalue weighted by Crippen LogP contribution is -2.24. The summed E-state index contributed by atoms with van der Waals surface area (Å²) in [5.41, 5.74) is 2.62. The number of aromatic nitrogens is 3. The molecular weight excluding hydrogens is 417 g/mol. The molecule has 6 heteroatoms. The molecule has 0 radical (unpaired) electrons. The summed E-state index contributed by atoms with van der Waals surface area (Å²) in [5, 5.41) is 16.1. The van der Waals surface area contributed by atoms with E-state index in [9.17, 15) is 9.90 Å². The minimum Gasteiger partial charge on any atom is -0.392 e. The van der Waals surface area contributed by atoms with E-state index in [4.69, 9.17) is 0 Å². The fourth-order valence-electron chi connectivity index (χ4n) is 4.28. The first-order chi connectivity index (χ1) is 15.8. The Labute approximate surface area is 190 Å². The first-order valence-electron chi connectivity index (χ1n) is 10.8. The SMILES string of the molecule is CC(C)(C)c1cc(F)c2c(=O)n(-c3cccc(-n4ccc5ccccc54)c3CO)ncc2c1. The Morgan fingerprint density at radius 3 is 2.48 bits per heavy atom. The van der Waals surface area contributed by atoms with Crippen molar-refractivity contribution in [3.05, 3.63) is 100 Å². The molecule has 33 heavy (non-hydrogen) atoms. The van der Waals surface area contributed by atoms with Crippen LogP contribution in [0, 0.1) is 5.82 Å². The molecule has 0 amide bonds. The van der Waals surface area contributed by atoms with E-state index in [0.29, 0.717) is 16.6 Å². The number of aliphatic hydroxyl groups excluding tert-OH is 1. The van der Waals surface area contributed by atoms with Crippen LogP contribution < -0.4 is 5.56 Å². The summed E-state index contributed by atoms with van der Waals surface area (Å²) in [4.78, 5) is 13.4. The van der Waals surface area contributed by atoms with Crippen LogP contribution in [0.5, 0.6) is 0 Å². The minimum absolute atomic E-state index is 0.0151. The third-order valence-corrected chi connectivity index (χ3v) is 6.08. The zero-order valence-corrected chi connectivity index (χ0v) is 18.7. The molecule has 0 atom stereocenters. The van der Waals surface area contributed by atoms with Gasteiger partial charge >= 0.3 is 0 Å². The third kappa shape index (κ3) is 3.43. The normalized spacial score (nSPS) is 12.0. The highest BCUT2D eigenvalue weighted by Crippen LogP contribution is 2.29. The Morgan fingerprint density at radius 1 is 0.970 bits per heavy atom. The Bertz CT molecular complexity index is 1570. The van der Waals surface area contributed by atoms with Crippen LogP contribution in [0.3, 0.4) is 0 Å². The van der Waals surface area contributed by atoms with Gasteiger partial charge in [0.25, 0.3) is 5.56 Å². The molecule has 5 nitrogen and oxygen atoms in total. The van der Waals surface area contributed by atoms with Gasteiger partial charge in [-0.15, -0.1) is 0 Å². The highest BCUT2D eigenvalue weighted by molar-refractivity contribution is 5.84. The van der Waals surface area contributed by atoms with Crippen LogP contribution in [0.25, 0.3) is 33.1 Å². The maximum Gasteiger partial charge on any atom is 0.282 e. The van der Waals surface area contributed by atoms with Crippen molar-refractivity contribution in [2.75, 3.05) is 0 Å². The topological polar surface area (TPSA) is 60.0 Å². The highest BCUT2D eigenvalue weighted by Gasteiger charge is 2.20. The Balaban J connectivity index is 1.74. The molecule has 0 aliphatic heterocycles. The molecule has 0 saturated carbocycles. The van der Waals surface area contributed by atoms with E-state index in [1.54, 1.807) is 12.1 Å². The van der Waals surface area contributed by atoms with Gasteiger partial charge in [0.1, 0.15) is 5.82 Å². The van der Waals surface area contributed by atoms with E-state index in [-0.39, 0.29) is 17.4 Å². The number of benzene rings is 3. The Hall–Kier alpha value is -3.77. The Morgan fingerprint density at radius 2 is 1.73 bits per heavy atom. The highest BCUT2D eigenvalue weighted by atomic mass is 19.1. The number of nitrogens with zero attached hydrogens (tertiary/aromatic N) is 3. The van der Waals surface area contributed by atoms with Crippen molar-refractivity contribution in [2.24, 2.45) is 0 Å². The van der Waals surface area contributed by atoms with Crippen molar-refractivity contribution < 1.29 is 9.50 Å². The minimum atomic E-state index is -0.573. The lowest BCUT2D eigenvalue weighted by molar-refractivity contribution is 0.281. The lowest BCUT2D eigenvalue weighted by Gasteiger charge is -2.20. The molecule has 5 rings (SSSR count). The second kappa shape index (κ2) is 7.67. The van der Waals surface area contributed by atoms with E-state index < -0.39 is 11.4 Å². The van der Waals surface area contributed by atoms with Gasteiger partial charge < -0.3 is 9.67 Å². The van der Waals surface area contributed by atoms with Crippen molar-refractivity contribution >= 4 is 21.7 Å². The molecule has 5 aromatic rings. The largest absolute Gasteiger partial charge is 0.392 e. The van der Waals surface area contributed by atoms with Gasteiger partial charge in [-0.05, 0) is 52.8 Å². The smallest absolute Gasteiger partial charge is 0.282 e. The lowest BCUT2D eigenvalue weighted by atomic mass is 9.86. The average molecular weight is 442 g/mol. The van der Waals surface area contributed by atoms with Crippen LogP contribution in [0.2, 0.25) is 0 Å². The fourth-order valence-corrected chi connectivity index (χ4v) is 4.28. The van der Waals surface area contributed by atoms with Crippen LogP contribution in [0.4, 0.5) is 4.39 Å². The van der Waals surface area contributed by atoms with Gasteiger partial charge in [-0.1, -0.05) is 45.0 Å². The van der Waals surface area contributed by atoms with Crippen molar-refractivity contribution in [1.29, 1.82) is 0 Å². The number of halogens is 1. The van der Waals surface area contributed by atoms with Crippen molar-refractivity contribution in [1.82, 2.24) is 14.3 Å². The number of hydrogen-bond donors (Lipinski definition) is 1. The van der Waals surface area contributed by atoms with Crippen LogP contribution in [0.15, 0.2) is 77.9 Å². The molecule has 1 N–H and O–H groups in total. The van der Waals surface area contributed by atoms with Gasteiger partial charge in [-0.25, -0.2) is 4.39 Å². The maximum atomic E-state index is 15.1. The van der Waals surface area contributed by atoms with Crippen LogP contribution in [-0.4, -0.2) is 19.5 Å². The van der Waals surface area contributed by atoms with Gasteiger partial charge in [-0.2, -0.15) is 9.78 Å². The van der Waals surface area contributed by atoms with Gasteiger partial charge in [-0.3, -0.25) is 4.79 Å². The molecule has 2 aromatic heterocycles. The molecule has 0 spiro atoms.